The van der Waals surface area contributed by atoms with Gasteiger partial charge in [0.2, 0.25) is 0 Å². The molecule has 1 aromatic heterocycles. The van der Waals surface area contributed by atoms with E-state index in [2.05, 4.69) is 41.3 Å². The maximum absolute atomic E-state index is 6.19. The van der Waals surface area contributed by atoms with Crippen LogP contribution >= 0.6 is 11.3 Å². The molecule has 0 radical (unpaired) electrons. The minimum atomic E-state index is 0.172. The van der Waals surface area contributed by atoms with Gasteiger partial charge in [-0.15, -0.1) is 11.3 Å². The second kappa shape index (κ2) is 4.82. The molecule has 3 rings (SSSR count). The minimum Gasteiger partial charge on any atom is -0.370 e. The molecule has 1 aliphatic heterocycles. The highest BCUT2D eigenvalue weighted by molar-refractivity contribution is 7.09. The fourth-order valence-electron chi connectivity index (χ4n) is 3.72. The molecule has 1 spiro atoms. The largest absolute Gasteiger partial charge is 0.370 e. The number of aliphatic imine (C=N–C) groups is 1. The second-order valence-electron chi connectivity index (χ2n) is 6.23. The smallest absolute Gasteiger partial charge is 0.192 e. The summed E-state index contributed by atoms with van der Waals surface area (Å²) in [6.07, 6.45) is 3.87. The summed E-state index contributed by atoms with van der Waals surface area (Å²) >= 11 is 1.81. The van der Waals surface area contributed by atoms with Gasteiger partial charge < -0.3 is 10.6 Å². The normalized spacial score (nSPS) is 34.8. The molecular formula is C15H23N3S. The molecule has 0 amide bonds. The maximum atomic E-state index is 6.19. The van der Waals surface area contributed by atoms with E-state index in [1.807, 2.05) is 11.3 Å². The SMILES string of the molecule is CC1CCC(C)C2(CN=C(N)N2Cc2cccs2)C1. The summed E-state index contributed by atoms with van der Waals surface area (Å²) in [5, 5.41) is 2.14. The highest BCUT2D eigenvalue weighted by Crippen LogP contribution is 2.44. The fourth-order valence-corrected chi connectivity index (χ4v) is 4.41. The van der Waals surface area contributed by atoms with Crippen LogP contribution in [0, 0.1) is 11.8 Å². The van der Waals surface area contributed by atoms with E-state index in [1.54, 1.807) is 0 Å². The van der Waals surface area contributed by atoms with Crippen molar-refractivity contribution in [2.24, 2.45) is 22.6 Å². The van der Waals surface area contributed by atoms with Crippen LogP contribution in [0.15, 0.2) is 22.5 Å². The topological polar surface area (TPSA) is 41.6 Å². The molecule has 1 saturated carbocycles. The molecule has 2 N–H and O–H groups in total. The third-order valence-electron chi connectivity index (χ3n) is 4.93. The highest BCUT2D eigenvalue weighted by atomic mass is 32.1. The van der Waals surface area contributed by atoms with E-state index >= 15 is 0 Å². The van der Waals surface area contributed by atoms with Crippen LogP contribution < -0.4 is 5.73 Å². The molecule has 4 heteroatoms. The number of guanidine groups is 1. The van der Waals surface area contributed by atoms with Crippen molar-refractivity contribution in [1.82, 2.24) is 4.90 Å². The van der Waals surface area contributed by atoms with Crippen LogP contribution in [0.25, 0.3) is 0 Å². The predicted molar refractivity (Wildman–Crippen MR) is 81.3 cm³/mol. The minimum absolute atomic E-state index is 0.172. The monoisotopic (exact) mass is 277 g/mol. The molecule has 0 bridgehead atoms. The van der Waals surface area contributed by atoms with Crippen molar-refractivity contribution < 1.29 is 0 Å². The van der Waals surface area contributed by atoms with Crippen molar-refractivity contribution in [3.8, 4) is 0 Å². The molecule has 0 saturated heterocycles. The average molecular weight is 277 g/mol. The average Bonchev–Trinajstić information content (AvgIpc) is 2.99. The molecule has 3 atom stereocenters. The zero-order valence-electron chi connectivity index (χ0n) is 11.8. The molecular weight excluding hydrogens is 254 g/mol. The summed E-state index contributed by atoms with van der Waals surface area (Å²) in [6, 6.07) is 4.31. The molecule has 0 aromatic carbocycles. The van der Waals surface area contributed by atoms with Crippen molar-refractivity contribution in [1.29, 1.82) is 0 Å². The van der Waals surface area contributed by atoms with Crippen LogP contribution in [0.2, 0.25) is 0 Å². The fraction of sp³-hybridized carbons (Fsp3) is 0.667. The lowest BCUT2D eigenvalue weighted by molar-refractivity contribution is 0.0543. The Morgan fingerprint density at radius 1 is 1.47 bits per heavy atom. The van der Waals surface area contributed by atoms with E-state index in [0.29, 0.717) is 5.92 Å². The van der Waals surface area contributed by atoms with E-state index in [4.69, 9.17) is 5.73 Å². The van der Waals surface area contributed by atoms with Crippen molar-refractivity contribution in [3.05, 3.63) is 22.4 Å². The summed E-state index contributed by atoms with van der Waals surface area (Å²) in [5.74, 6) is 2.20. The van der Waals surface area contributed by atoms with Gasteiger partial charge in [0, 0.05) is 4.88 Å². The molecule has 3 unspecified atom stereocenters. The summed E-state index contributed by atoms with van der Waals surface area (Å²) in [7, 11) is 0. The number of hydrogen-bond acceptors (Lipinski definition) is 4. The highest BCUT2D eigenvalue weighted by Gasteiger charge is 2.48. The lowest BCUT2D eigenvalue weighted by atomic mass is 9.69. The van der Waals surface area contributed by atoms with Gasteiger partial charge in [-0.25, -0.2) is 0 Å². The lowest BCUT2D eigenvalue weighted by Crippen LogP contribution is -2.57. The number of nitrogens with two attached hydrogens (primary N) is 1. The van der Waals surface area contributed by atoms with Crippen molar-refractivity contribution >= 4 is 17.3 Å². The van der Waals surface area contributed by atoms with E-state index in [0.717, 1.165) is 25.0 Å². The van der Waals surface area contributed by atoms with Gasteiger partial charge in [0.25, 0.3) is 0 Å². The Balaban J connectivity index is 1.87. The van der Waals surface area contributed by atoms with Crippen molar-refractivity contribution in [3.63, 3.8) is 0 Å². The summed E-state index contributed by atoms with van der Waals surface area (Å²) in [6.45, 7) is 6.55. The third kappa shape index (κ3) is 2.16. The van der Waals surface area contributed by atoms with Gasteiger partial charge >= 0.3 is 0 Å². The Morgan fingerprint density at radius 2 is 2.32 bits per heavy atom. The Kier molecular flexibility index (Phi) is 3.29. The number of hydrogen-bond donors (Lipinski definition) is 1. The number of rotatable bonds is 2. The van der Waals surface area contributed by atoms with Gasteiger partial charge in [-0.2, -0.15) is 0 Å². The summed E-state index contributed by atoms with van der Waals surface area (Å²) < 4.78 is 0. The van der Waals surface area contributed by atoms with Crippen molar-refractivity contribution in [2.45, 2.75) is 45.2 Å². The molecule has 1 aromatic rings. The third-order valence-corrected chi connectivity index (χ3v) is 5.80. The zero-order chi connectivity index (χ0) is 13.5. The van der Waals surface area contributed by atoms with Crippen LogP contribution in [0.3, 0.4) is 0 Å². The van der Waals surface area contributed by atoms with Gasteiger partial charge in [-0.1, -0.05) is 26.3 Å². The Labute approximate surface area is 119 Å². The second-order valence-corrected chi connectivity index (χ2v) is 7.26. The summed E-state index contributed by atoms with van der Waals surface area (Å²) in [5.41, 5.74) is 6.36. The van der Waals surface area contributed by atoms with Crippen LogP contribution in [0.5, 0.6) is 0 Å². The number of thiophene rings is 1. The van der Waals surface area contributed by atoms with Crippen LogP contribution in [0.4, 0.5) is 0 Å². The van der Waals surface area contributed by atoms with Gasteiger partial charge in [0.15, 0.2) is 5.96 Å². The first kappa shape index (κ1) is 13.0. The molecule has 104 valence electrons. The molecule has 2 aliphatic rings. The first-order valence-electron chi connectivity index (χ1n) is 7.22. The van der Waals surface area contributed by atoms with Crippen molar-refractivity contribution in [2.75, 3.05) is 6.54 Å². The van der Waals surface area contributed by atoms with E-state index in [9.17, 15) is 0 Å². The predicted octanol–water partition coefficient (Wildman–Crippen LogP) is 3.07. The molecule has 1 aliphatic carbocycles. The van der Waals surface area contributed by atoms with Crippen LogP contribution in [-0.2, 0) is 6.54 Å². The van der Waals surface area contributed by atoms with Gasteiger partial charge in [0.05, 0.1) is 18.6 Å². The van der Waals surface area contributed by atoms with E-state index in [-0.39, 0.29) is 5.54 Å². The number of nitrogens with zero attached hydrogens (tertiary/aromatic N) is 2. The quantitative estimate of drug-likeness (QED) is 0.902. The summed E-state index contributed by atoms with van der Waals surface area (Å²) in [4.78, 5) is 8.35. The standard InChI is InChI=1S/C15H23N3S/c1-11-5-6-12(2)15(8-11)10-17-14(16)18(15)9-13-4-3-7-19-13/h3-4,7,11-12H,5-6,8-10H2,1-2H3,(H2,16,17). The van der Waals surface area contributed by atoms with Crippen LogP contribution in [0.1, 0.15) is 38.0 Å². The van der Waals surface area contributed by atoms with Gasteiger partial charge in [-0.05, 0) is 36.1 Å². The Morgan fingerprint density at radius 3 is 3.05 bits per heavy atom. The van der Waals surface area contributed by atoms with Gasteiger partial charge in [-0.3, -0.25) is 4.99 Å². The Hall–Kier alpha value is -1.03. The van der Waals surface area contributed by atoms with Gasteiger partial charge in [0.1, 0.15) is 0 Å². The molecule has 2 heterocycles. The maximum Gasteiger partial charge on any atom is 0.192 e. The molecule has 19 heavy (non-hydrogen) atoms. The van der Waals surface area contributed by atoms with E-state index in [1.165, 1.54) is 24.1 Å². The van der Waals surface area contributed by atoms with Crippen LogP contribution in [-0.4, -0.2) is 22.9 Å². The van der Waals surface area contributed by atoms with E-state index < -0.39 is 0 Å². The molecule has 1 fully saturated rings. The first-order chi connectivity index (χ1) is 9.12. The molecule has 3 nitrogen and oxygen atoms in total. The first-order valence-corrected chi connectivity index (χ1v) is 8.10. The Bertz CT molecular complexity index is 468. The zero-order valence-corrected chi connectivity index (χ0v) is 12.6. The lowest BCUT2D eigenvalue weighted by Gasteiger charge is -2.48.